The number of aliphatic imine (C=N–C) groups is 1. The van der Waals surface area contributed by atoms with Gasteiger partial charge in [-0.3, -0.25) is 4.99 Å². The van der Waals surface area contributed by atoms with E-state index in [4.69, 9.17) is 5.11 Å². The summed E-state index contributed by atoms with van der Waals surface area (Å²) in [4.78, 5) is 17.9. The van der Waals surface area contributed by atoms with Crippen molar-refractivity contribution in [2.75, 3.05) is 11.4 Å². The van der Waals surface area contributed by atoms with E-state index in [0.717, 1.165) is 12.1 Å². The molecule has 4 nitrogen and oxygen atoms in total. The number of carbonyl (C=O) groups is 1. The van der Waals surface area contributed by atoms with Crippen LogP contribution in [0.15, 0.2) is 53.5 Å². The van der Waals surface area contributed by atoms with Gasteiger partial charge in [-0.25, -0.2) is 4.79 Å². The number of hydrogen-bond acceptors (Lipinski definition) is 3. The summed E-state index contributed by atoms with van der Waals surface area (Å²) < 4.78 is 0. The molecule has 0 saturated carbocycles. The first-order chi connectivity index (χ1) is 12.3. The van der Waals surface area contributed by atoms with Gasteiger partial charge in [0.25, 0.3) is 0 Å². The monoisotopic (exact) mass is 348 g/mol. The molecule has 0 saturated heterocycles. The molecule has 0 radical (unpaired) electrons. The van der Waals surface area contributed by atoms with Crippen molar-refractivity contribution < 1.29 is 9.90 Å². The Balaban J connectivity index is 1.94. The number of likely N-dealkylation sites (N-methyl/N-ethyl adjacent to an activating group) is 1. The Morgan fingerprint density at radius 1 is 1.23 bits per heavy atom. The molecule has 4 heteroatoms. The molecule has 26 heavy (non-hydrogen) atoms. The average Bonchev–Trinajstić information content (AvgIpc) is 2.60. The highest BCUT2D eigenvalue weighted by molar-refractivity contribution is 5.90. The van der Waals surface area contributed by atoms with E-state index < -0.39 is 5.97 Å². The van der Waals surface area contributed by atoms with Crippen molar-refractivity contribution in [3.63, 3.8) is 0 Å². The Bertz CT molecular complexity index is 910. The molecule has 0 bridgehead atoms. The van der Waals surface area contributed by atoms with Gasteiger partial charge in [-0.15, -0.1) is 0 Å². The minimum Gasteiger partial charge on any atom is -0.478 e. The zero-order valence-corrected chi connectivity index (χ0v) is 15.7. The van der Waals surface area contributed by atoms with Gasteiger partial charge in [0.05, 0.1) is 16.8 Å². The molecule has 3 rings (SSSR count). The fourth-order valence-corrected chi connectivity index (χ4v) is 3.63. The van der Waals surface area contributed by atoms with E-state index in [2.05, 4.69) is 61.9 Å². The minimum absolute atomic E-state index is 0.00128. The van der Waals surface area contributed by atoms with Crippen LogP contribution in [0.25, 0.3) is 5.57 Å². The molecule has 0 amide bonds. The molecular formula is C22H24N2O2. The summed E-state index contributed by atoms with van der Waals surface area (Å²) in [5.41, 5.74) is 5.58. The van der Waals surface area contributed by atoms with Crippen molar-refractivity contribution in [2.45, 2.75) is 33.2 Å². The highest BCUT2D eigenvalue weighted by atomic mass is 16.4. The van der Waals surface area contributed by atoms with Crippen molar-refractivity contribution in [3.8, 4) is 0 Å². The van der Waals surface area contributed by atoms with Gasteiger partial charge in [0, 0.05) is 24.0 Å². The van der Waals surface area contributed by atoms with Crippen LogP contribution in [0.1, 0.15) is 49.2 Å². The fraction of sp³-hybridized carbons (Fsp3) is 0.273. The number of carboxylic acids is 1. The normalized spacial score (nSPS) is 15.7. The predicted octanol–water partition coefficient (Wildman–Crippen LogP) is 5.16. The van der Waals surface area contributed by atoms with Crippen LogP contribution in [-0.4, -0.2) is 29.4 Å². The summed E-state index contributed by atoms with van der Waals surface area (Å²) in [6, 6.07) is 13.0. The van der Waals surface area contributed by atoms with Crippen molar-refractivity contribution in [1.29, 1.82) is 0 Å². The van der Waals surface area contributed by atoms with Gasteiger partial charge >= 0.3 is 5.97 Å². The SMILES string of the molecule is CCN1c2ccc(C=Nc3cccc(C(=O)O)c3)cc2C(C)=CC1(C)C. The maximum Gasteiger partial charge on any atom is 0.335 e. The summed E-state index contributed by atoms with van der Waals surface area (Å²) in [6.45, 7) is 9.72. The molecule has 0 aliphatic carbocycles. The second-order valence-electron chi connectivity index (χ2n) is 7.12. The summed E-state index contributed by atoms with van der Waals surface area (Å²) in [6.07, 6.45) is 4.08. The topological polar surface area (TPSA) is 52.9 Å². The first-order valence-corrected chi connectivity index (χ1v) is 8.81. The third kappa shape index (κ3) is 3.40. The number of aromatic carboxylic acids is 1. The van der Waals surface area contributed by atoms with Gasteiger partial charge in [0.15, 0.2) is 0 Å². The third-order valence-corrected chi connectivity index (χ3v) is 4.77. The molecule has 1 heterocycles. The molecular weight excluding hydrogens is 324 g/mol. The van der Waals surface area contributed by atoms with Crippen molar-refractivity contribution in [3.05, 3.63) is 65.2 Å². The number of rotatable bonds is 4. The smallest absolute Gasteiger partial charge is 0.335 e. The fourth-order valence-electron chi connectivity index (χ4n) is 3.63. The maximum atomic E-state index is 11.1. The van der Waals surface area contributed by atoms with Crippen LogP contribution in [0.4, 0.5) is 11.4 Å². The lowest BCUT2D eigenvalue weighted by atomic mass is 9.88. The summed E-state index contributed by atoms with van der Waals surface area (Å²) in [5, 5.41) is 9.08. The van der Waals surface area contributed by atoms with Crippen LogP contribution in [-0.2, 0) is 0 Å². The zero-order chi connectivity index (χ0) is 18.9. The standard InChI is InChI=1S/C22H24N2O2/c1-5-24-20-10-9-16(11-19(20)15(2)13-22(24,3)4)14-23-18-8-6-7-17(12-18)21(25)26/h6-14H,5H2,1-4H3,(H,25,26). The van der Waals surface area contributed by atoms with E-state index >= 15 is 0 Å². The molecule has 1 aliphatic rings. The van der Waals surface area contributed by atoms with Crippen LogP contribution in [0.3, 0.4) is 0 Å². The lowest BCUT2D eigenvalue weighted by Crippen LogP contribution is -2.44. The van der Waals surface area contributed by atoms with Crippen LogP contribution in [0, 0.1) is 0 Å². The van der Waals surface area contributed by atoms with Gasteiger partial charge in [0.2, 0.25) is 0 Å². The van der Waals surface area contributed by atoms with Crippen LogP contribution < -0.4 is 4.90 Å². The number of benzene rings is 2. The molecule has 134 valence electrons. The lowest BCUT2D eigenvalue weighted by Gasteiger charge is -2.42. The Morgan fingerprint density at radius 3 is 2.69 bits per heavy atom. The predicted molar refractivity (Wildman–Crippen MR) is 108 cm³/mol. The molecule has 0 spiro atoms. The van der Waals surface area contributed by atoms with Gasteiger partial charge in [0.1, 0.15) is 0 Å². The van der Waals surface area contributed by atoms with Gasteiger partial charge < -0.3 is 10.0 Å². The minimum atomic E-state index is -0.945. The van der Waals surface area contributed by atoms with Gasteiger partial charge in [-0.1, -0.05) is 18.2 Å². The van der Waals surface area contributed by atoms with E-state index in [-0.39, 0.29) is 11.1 Å². The molecule has 0 fully saturated rings. The summed E-state index contributed by atoms with van der Waals surface area (Å²) in [7, 11) is 0. The van der Waals surface area contributed by atoms with Crippen molar-refractivity contribution >= 4 is 29.1 Å². The maximum absolute atomic E-state index is 11.1. The molecule has 2 aromatic carbocycles. The Kier molecular flexibility index (Phi) is 4.68. The number of allylic oxidation sites excluding steroid dienone is 1. The Hall–Kier alpha value is -2.88. The van der Waals surface area contributed by atoms with E-state index in [1.54, 1.807) is 30.5 Å². The molecule has 1 aliphatic heterocycles. The highest BCUT2D eigenvalue weighted by Crippen LogP contribution is 2.38. The lowest BCUT2D eigenvalue weighted by molar-refractivity contribution is 0.0697. The second kappa shape index (κ2) is 6.79. The highest BCUT2D eigenvalue weighted by Gasteiger charge is 2.29. The first kappa shape index (κ1) is 17.9. The first-order valence-electron chi connectivity index (χ1n) is 8.81. The third-order valence-electron chi connectivity index (χ3n) is 4.77. The zero-order valence-electron chi connectivity index (χ0n) is 15.7. The number of hydrogen-bond donors (Lipinski definition) is 1. The second-order valence-corrected chi connectivity index (χ2v) is 7.12. The molecule has 1 N–H and O–H groups in total. The Morgan fingerprint density at radius 2 is 2.00 bits per heavy atom. The van der Waals surface area contributed by atoms with E-state index in [0.29, 0.717) is 5.69 Å². The van der Waals surface area contributed by atoms with E-state index in [1.165, 1.54) is 16.8 Å². The van der Waals surface area contributed by atoms with Crippen molar-refractivity contribution in [2.24, 2.45) is 4.99 Å². The quantitative estimate of drug-likeness (QED) is 0.777. The van der Waals surface area contributed by atoms with Gasteiger partial charge in [-0.2, -0.15) is 0 Å². The van der Waals surface area contributed by atoms with E-state index in [1.807, 2.05) is 0 Å². The molecule has 0 aromatic heterocycles. The van der Waals surface area contributed by atoms with Gasteiger partial charge in [-0.05, 0) is 69.2 Å². The number of fused-ring (bicyclic) bond motifs is 1. The molecule has 0 unspecified atom stereocenters. The number of carboxylic acid groups (broad SMARTS) is 1. The van der Waals surface area contributed by atoms with Crippen LogP contribution >= 0.6 is 0 Å². The molecule has 2 aromatic rings. The van der Waals surface area contributed by atoms with Crippen LogP contribution in [0.2, 0.25) is 0 Å². The number of anilines is 1. The average molecular weight is 348 g/mol. The number of nitrogens with zero attached hydrogens (tertiary/aromatic N) is 2. The largest absolute Gasteiger partial charge is 0.478 e. The summed E-state index contributed by atoms with van der Waals surface area (Å²) in [5.74, 6) is -0.945. The van der Waals surface area contributed by atoms with E-state index in [9.17, 15) is 4.79 Å². The van der Waals surface area contributed by atoms with Crippen molar-refractivity contribution in [1.82, 2.24) is 0 Å². The van der Waals surface area contributed by atoms with Crippen LogP contribution in [0.5, 0.6) is 0 Å². The Labute approximate surface area is 154 Å². The summed E-state index contributed by atoms with van der Waals surface area (Å²) >= 11 is 0. The molecule has 0 atom stereocenters.